The fourth-order valence-corrected chi connectivity index (χ4v) is 4.68. The summed E-state index contributed by atoms with van der Waals surface area (Å²) in [7, 11) is 1.95. The zero-order valence-corrected chi connectivity index (χ0v) is 16.7. The van der Waals surface area contributed by atoms with Crippen LogP contribution in [-0.2, 0) is 7.05 Å². The summed E-state index contributed by atoms with van der Waals surface area (Å²) >= 11 is 0. The van der Waals surface area contributed by atoms with E-state index >= 15 is 0 Å². The van der Waals surface area contributed by atoms with Gasteiger partial charge >= 0.3 is 0 Å². The third kappa shape index (κ3) is 2.05. The van der Waals surface area contributed by atoms with Crippen LogP contribution in [0, 0.1) is 13.8 Å². The van der Waals surface area contributed by atoms with Gasteiger partial charge in [0.15, 0.2) is 0 Å². The van der Waals surface area contributed by atoms with Crippen LogP contribution < -0.4 is 4.57 Å². The van der Waals surface area contributed by atoms with Crippen LogP contribution >= 0.6 is 0 Å². The Bertz CT molecular complexity index is 1640. The zero-order chi connectivity index (χ0) is 20.6. The molecule has 0 saturated heterocycles. The zero-order valence-electron chi connectivity index (χ0n) is 17.7. The van der Waals surface area contributed by atoms with Gasteiger partial charge in [0.25, 0.3) is 5.82 Å². The normalized spacial score (nSPS) is 12.4. The lowest BCUT2D eigenvalue weighted by molar-refractivity contribution is -0.665. The van der Waals surface area contributed by atoms with Crippen molar-refractivity contribution < 1.29 is 10.4 Å². The lowest BCUT2D eigenvalue weighted by atomic mass is 9.98. The van der Waals surface area contributed by atoms with Crippen LogP contribution in [0.25, 0.3) is 49.6 Å². The Balaban J connectivity index is 1.97. The smallest absolute Gasteiger partial charge is 0.286 e. The van der Waals surface area contributed by atoms with Crippen LogP contribution in [0.3, 0.4) is 0 Å². The molecule has 3 aromatic carbocycles. The van der Waals surface area contributed by atoms with E-state index in [2.05, 4.69) is 60.9 Å². The minimum atomic E-state index is 0.475. The standard InChI is InChI=1S/C26H21N2O/c1-16-17(2)26-24(19-11-5-7-13-21(19)29-26)23-18-10-4-6-12-20(18)28(25(16)23)22-14-8-9-15-27(22)3/h4-15H,1-3H3/q+1/i15D. The number of aromatic nitrogens is 2. The highest BCUT2D eigenvalue weighted by Gasteiger charge is 2.27. The summed E-state index contributed by atoms with van der Waals surface area (Å²) < 4.78 is 18.9. The molecule has 0 bridgehead atoms. The Labute approximate surface area is 169 Å². The number of hydrogen-bond acceptors (Lipinski definition) is 1. The summed E-state index contributed by atoms with van der Waals surface area (Å²) in [5.41, 5.74) is 6.54. The number of hydrogen-bond donors (Lipinski definition) is 0. The molecule has 0 aliphatic carbocycles. The predicted molar refractivity (Wildman–Crippen MR) is 119 cm³/mol. The van der Waals surface area contributed by atoms with Crippen molar-refractivity contribution in [3.8, 4) is 5.82 Å². The molecule has 0 aliphatic rings. The Hall–Kier alpha value is -3.59. The Morgan fingerprint density at radius 1 is 0.828 bits per heavy atom. The molecule has 0 atom stereocenters. The minimum Gasteiger partial charge on any atom is -0.456 e. The number of nitrogens with zero attached hydrogens (tertiary/aromatic N) is 2. The average molecular weight is 378 g/mol. The maximum atomic E-state index is 8.32. The average Bonchev–Trinajstić information content (AvgIpc) is 3.30. The number of aryl methyl sites for hydroxylation is 2. The molecule has 0 unspecified atom stereocenters. The molecule has 3 nitrogen and oxygen atoms in total. The SMILES string of the molecule is [2H]c1cccc(-n2c3ccccc3c3c4c(oc5ccccc54)c(C)c(C)c32)[n+]1C. The predicted octanol–water partition coefficient (Wildman–Crippen LogP) is 6.12. The molecule has 0 aliphatic heterocycles. The number of fused-ring (bicyclic) bond motifs is 7. The van der Waals surface area contributed by atoms with Crippen molar-refractivity contribution in [2.24, 2.45) is 7.05 Å². The van der Waals surface area contributed by atoms with Gasteiger partial charge in [-0.1, -0.05) is 36.4 Å². The summed E-state index contributed by atoms with van der Waals surface area (Å²) in [6.45, 7) is 4.31. The van der Waals surface area contributed by atoms with Crippen molar-refractivity contribution >= 4 is 43.7 Å². The largest absolute Gasteiger partial charge is 0.456 e. The Morgan fingerprint density at radius 3 is 2.41 bits per heavy atom. The number of para-hydroxylation sites is 2. The highest BCUT2D eigenvalue weighted by Crippen LogP contribution is 2.43. The van der Waals surface area contributed by atoms with Gasteiger partial charge in [0.1, 0.15) is 23.6 Å². The van der Waals surface area contributed by atoms with Gasteiger partial charge < -0.3 is 4.42 Å². The molecule has 6 aromatic rings. The molecule has 0 saturated carbocycles. The Kier molecular flexibility index (Phi) is 3.02. The fourth-order valence-electron chi connectivity index (χ4n) is 4.68. The number of rotatable bonds is 1. The molecule has 0 spiro atoms. The minimum absolute atomic E-state index is 0.475. The third-order valence-corrected chi connectivity index (χ3v) is 6.16. The van der Waals surface area contributed by atoms with Crippen molar-refractivity contribution in [3.05, 3.63) is 84.0 Å². The molecule has 29 heavy (non-hydrogen) atoms. The van der Waals surface area contributed by atoms with Gasteiger partial charge in [-0.25, -0.2) is 4.57 Å². The molecular formula is C26H21N2O+. The van der Waals surface area contributed by atoms with E-state index in [0.717, 1.165) is 33.5 Å². The number of pyridine rings is 1. The van der Waals surface area contributed by atoms with E-state index in [4.69, 9.17) is 5.79 Å². The lowest BCUT2D eigenvalue weighted by Gasteiger charge is -2.07. The van der Waals surface area contributed by atoms with Crippen LogP contribution in [0.15, 0.2) is 77.3 Å². The Morgan fingerprint density at radius 2 is 1.55 bits per heavy atom. The molecule has 3 heteroatoms. The highest BCUT2D eigenvalue weighted by molar-refractivity contribution is 6.28. The summed E-state index contributed by atoms with van der Waals surface area (Å²) in [4.78, 5) is 0. The summed E-state index contributed by atoms with van der Waals surface area (Å²) in [6.07, 6.45) is 0.475. The van der Waals surface area contributed by atoms with E-state index in [1.807, 2.05) is 35.9 Å². The van der Waals surface area contributed by atoms with E-state index in [1.165, 1.54) is 27.2 Å². The van der Waals surface area contributed by atoms with Crippen LogP contribution in [0.1, 0.15) is 12.5 Å². The van der Waals surface area contributed by atoms with Crippen LogP contribution in [0.5, 0.6) is 0 Å². The van der Waals surface area contributed by atoms with E-state index in [0.29, 0.717) is 6.17 Å². The van der Waals surface area contributed by atoms with Gasteiger partial charge in [0, 0.05) is 33.2 Å². The number of furan rings is 1. The van der Waals surface area contributed by atoms with Crippen molar-refractivity contribution in [1.82, 2.24) is 4.57 Å². The summed E-state index contributed by atoms with van der Waals surface area (Å²) in [6, 6.07) is 22.6. The van der Waals surface area contributed by atoms with E-state index < -0.39 is 0 Å². The maximum Gasteiger partial charge on any atom is 0.286 e. The first-order valence-corrected chi connectivity index (χ1v) is 9.87. The van der Waals surface area contributed by atoms with Gasteiger partial charge in [-0.3, -0.25) is 0 Å². The van der Waals surface area contributed by atoms with Crippen molar-refractivity contribution in [2.45, 2.75) is 13.8 Å². The van der Waals surface area contributed by atoms with Crippen LogP contribution in [0.2, 0.25) is 0 Å². The quantitative estimate of drug-likeness (QED) is 0.316. The lowest BCUT2D eigenvalue weighted by Crippen LogP contribution is -2.33. The fraction of sp³-hybridized carbons (Fsp3) is 0.115. The molecule has 0 radical (unpaired) electrons. The second-order valence-electron chi connectivity index (χ2n) is 7.70. The van der Waals surface area contributed by atoms with Crippen molar-refractivity contribution in [3.63, 3.8) is 0 Å². The second kappa shape index (κ2) is 5.71. The molecule has 0 amide bonds. The molecule has 3 aromatic heterocycles. The topological polar surface area (TPSA) is 21.9 Å². The van der Waals surface area contributed by atoms with Crippen LogP contribution in [0.4, 0.5) is 0 Å². The first kappa shape index (κ1) is 15.3. The summed E-state index contributed by atoms with van der Waals surface area (Å²) in [5, 5.41) is 4.72. The van der Waals surface area contributed by atoms with E-state index in [-0.39, 0.29) is 0 Å². The highest BCUT2D eigenvalue weighted by atomic mass is 16.3. The van der Waals surface area contributed by atoms with E-state index in [9.17, 15) is 0 Å². The van der Waals surface area contributed by atoms with Gasteiger partial charge in [0.05, 0.1) is 13.2 Å². The van der Waals surface area contributed by atoms with Crippen molar-refractivity contribution in [1.29, 1.82) is 0 Å². The van der Waals surface area contributed by atoms with Gasteiger partial charge in [-0.2, -0.15) is 4.57 Å². The first-order chi connectivity index (χ1) is 14.6. The molecular weight excluding hydrogens is 356 g/mol. The van der Waals surface area contributed by atoms with E-state index in [1.54, 1.807) is 0 Å². The molecule has 0 fully saturated rings. The number of benzene rings is 3. The van der Waals surface area contributed by atoms with Gasteiger partial charge in [-0.05, 0) is 43.7 Å². The molecule has 0 N–H and O–H groups in total. The summed E-state index contributed by atoms with van der Waals surface area (Å²) in [5.74, 6) is 0.975. The maximum absolute atomic E-state index is 8.32. The van der Waals surface area contributed by atoms with Crippen LogP contribution in [-0.4, -0.2) is 4.57 Å². The molecule has 140 valence electrons. The molecule has 6 rings (SSSR count). The third-order valence-electron chi connectivity index (χ3n) is 6.16. The monoisotopic (exact) mass is 378 g/mol. The molecule has 3 heterocycles. The second-order valence-corrected chi connectivity index (χ2v) is 7.70. The van der Waals surface area contributed by atoms with Crippen molar-refractivity contribution in [2.75, 3.05) is 0 Å². The first-order valence-electron chi connectivity index (χ1n) is 10.4. The van der Waals surface area contributed by atoms with Gasteiger partial charge in [-0.15, -0.1) is 0 Å². The van der Waals surface area contributed by atoms with Gasteiger partial charge in [0.2, 0.25) is 0 Å².